The van der Waals surface area contributed by atoms with Crippen LogP contribution in [-0.4, -0.2) is 54.0 Å². The zero-order chi connectivity index (χ0) is 23.9. The fourth-order valence-electron chi connectivity index (χ4n) is 4.46. The molecule has 0 spiro atoms. The maximum atomic E-state index is 12.6. The van der Waals surface area contributed by atoms with Gasteiger partial charge in [-0.1, -0.05) is 46.2 Å². The van der Waals surface area contributed by atoms with Crippen LogP contribution in [-0.2, 0) is 19.8 Å². The largest absolute Gasteiger partial charge is 0.480 e. The molecular formula is C25H38N2O5. The SMILES string of the molecule is CCC1(c2cccc(OC(=O)[C@H](C)CC(=O)N[C@H](C(=O)O)C(C)C)c2)CCCCN(C)C1. The molecule has 1 heterocycles. The number of carboxylic acid groups (broad SMARTS) is 1. The van der Waals surface area contributed by atoms with Crippen LogP contribution in [0.3, 0.4) is 0 Å². The molecule has 1 unspecified atom stereocenters. The molecule has 1 aromatic carbocycles. The van der Waals surface area contributed by atoms with E-state index in [-0.39, 0.29) is 17.8 Å². The van der Waals surface area contributed by atoms with E-state index >= 15 is 0 Å². The minimum atomic E-state index is -1.09. The predicted molar refractivity (Wildman–Crippen MR) is 124 cm³/mol. The van der Waals surface area contributed by atoms with Gasteiger partial charge in [0.05, 0.1) is 5.92 Å². The van der Waals surface area contributed by atoms with Gasteiger partial charge in [-0.3, -0.25) is 9.59 Å². The first-order valence-electron chi connectivity index (χ1n) is 11.6. The number of rotatable bonds is 9. The first-order valence-corrected chi connectivity index (χ1v) is 11.6. The summed E-state index contributed by atoms with van der Waals surface area (Å²) in [5.74, 6) is -2.53. The van der Waals surface area contributed by atoms with E-state index in [9.17, 15) is 19.5 Å². The van der Waals surface area contributed by atoms with Crippen LogP contribution in [0.25, 0.3) is 0 Å². The Morgan fingerprint density at radius 2 is 1.94 bits per heavy atom. The Labute approximate surface area is 191 Å². The number of hydrogen-bond donors (Lipinski definition) is 2. The average molecular weight is 447 g/mol. The topological polar surface area (TPSA) is 95.9 Å². The van der Waals surface area contributed by atoms with Crippen LogP contribution in [0, 0.1) is 11.8 Å². The molecule has 32 heavy (non-hydrogen) atoms. The van der Waals surface area contributed by atoms with Crippen molar-refractivity contribution in [1.82, 2.24) is 10.2 Å². The van der Waals surface area contributed by atoms with Gasteiger partial charge < -0.3 is 20.1 Å². The van der Waals surface area contributed by atoms with Gasteiger partial charge in [0, 0.05) is 18.4 Å². The summed E-state index contributed by atoms with van der Waals surface area (Å²) in [4.78, 5) is 38.5. The van der Waals surface area contributed by atoms with Gasteiger partial charge in [-0.15, -0.1) is 0 Å². The lowest BCUT2D eigenvalue weighted by Gasteiger charge is -2.35. The molecule has 0 bridgehead atoms. The van der Waals surface area contributed by atoms with Gasteiger partial charge in [-0.2, -0.15) is 0 Å². The third-order valence-electron chi connectivity index (χ3n) is 6.50. The van der Waals surface area contributed by atoms with E-state index < -0.39 is 29.8 Å². The molecular weight excluding hydrogens is 408 g/mol. The number of likely N-dealkylation sites (tertiary alicyclic amines) is 1. The maximum Gasteiger partial charge on any atom is 0.326 e. The van der Waals surface area contributed by atoms with E-state index in [0.29, 0.717) is 5.75 Å². The highest BCUT2D eigenvalue weighted by molar-refractivity contribution is 5.87. The monoisotopic (exact) mass is 446 g/mol. The van der Waals surface area contributed by atoms with Gasteiger partial charge in [0.25, 0.3) is 0 Å². The summed E-state index contributed by atoms with van der Waals surface area (Å²) in [5, 5.41) is 11.7. The number of aliphatic carboxylic acids is 1. The molecule has 0 radical (unpaired) electrons. The number of nitrogens with one attached hydrogen (secondary N) is 1. The molecule has 7 nitrogen and oxygen atoms in total. The Balaban J connectivity index is 2.05. The number of ether oxygens (including phenoxy) is 1. The number of carboxylic acids is 1. The summed E-state index contributed by atoms with van der Waals surface area (Å²) in [6.45, 7) is 9.33. The van der Waals surface area contributed by atoms with E-state index in [1.807, 2.05) is 12.1 Å². The molecule has 1 amide bonds. The summed E-state index contributed by atoms with van der Waals surface area (Å²) in [7, 11) is 2.15. The number of hydrogen-bond acceptors (Lipinski definition) is 5. The van der Waals surface area contributed by atoms with Crippen molar-refractivity contribution in [2.75, 3.05) is 20.1 Å². The molecule has 178 valence electrons. The van der Waals surface area contributed by atoms with Gasteiger partial charge in [-0.05, 0) is 56.5 Å². The summed E-state index contributed by atoms with van der Waals surface area (Å²) >= 11 is 0. The van der Waals surface area contributed by atoms with Gasteiger partial charge in [0.15, 0.2) is 0 Å². The Morgan fingerprint density at radius 3 is 2.56 bits per heavy atom. The highest BCUT2D eigenvalue weighted by Gasteiger charge is 2.33. The van der Waals surface area contributed by atoms with Gasteiger partial charge in [-0.25, -0.2) is 4.79 Å². The normalized spacial score (nSPS) is 21.4. The van der Waals surface area contributed by atoms with Crippen molar-refractivity contribution < 1.29 is 24.2 Å². The van der Waals surface area contributed by atoms with Crippen molar-refractivity contribution in [3.63, 3.8) is 0 Å². The van der Waals surface area contributed by atoms with E-state index in [0.717, 1.165) is 25.9 Å². The molecule has 1 aromatic rings. The van der Waals surface area contributed by atoms with E-state index in [2.05, 4.69) is 30.3 Å². The number of carbonyl (C=O) groups excluding carboxylic acids is 2. The summed E-state index contributed by atoms with van der Waals surface area (Å²) in [5.41, 5.74) is 1.20. The van der Waals surface area contributed by atoms with E-state index in [1.165, 1.54) is 18.4 Å². The molecule has 0 aromatic heterocycles. The molecule has 0 aliphatic carbocycles. The van der Waals surface area contributed by atoms with Crippen molar-refractivity contribution >= 4 is 17.8 Å². The Bertz CT molecular complexity index is 809. The second-order valence-corrected chi connectivity index (χ2v) is 9.51. The van der Waals surface area contributed by atoms with Crippen LogP contribution in [0.15, 0.2) is 24.3 Å². The number of carbonyl (C=O) groups is 3. The lowest BCUT2D eigenvalue weighted by atomic mass is 9.74. The molecule has 2 rings (SSSR count). The zero-order valence-corrected chi connectivity index (χ0v) is 20.0. The summed E-state index contributed by atoms with van der Waals surface area (Å²) in [6, 6.07) is 6.75. The van der Waals surface area contributed by atoms with Crippen molar-refractivity contribution in [1.29, 1.82) is 0 Å². The van der Waals surface area contributed by atoms with Crippen molar-refractivity contribution in [3.8, 4) is 5.75 Å². The summed E-state index contributed by atoms with van der Waals surface area (Å²) in [6.07, 6.45) is 4.33. The Hall–Kier alpha value is -2.41. The van der Waals surface area contributed by atoms with E-state index in [4.69, 9.17) is 4.74 Å². The van der Waals surface area contributed by atoms with Crippen molar-refractivity contribution in [2.45, 2.75) is 71.3 Å². The van der Waals surface area contributed by atoms with Crippen LogP contribution in [0.4, 0.5) is 0 Å². The van der Waals surface area contributed by atoms with Crippen LogP contribution >= 0.6 is 0 Å². The Kier molecular flexibility index (Phi) is 9.25. The van der Waals surface area contributed by atoms with E-state index in [1.54, 1.807) is 26.8 Å². The van der Waals surface area contributed by atoms with Crippen molar-refractivity contribution in [3.05, 3.63) is 29.8 Å². The van der Waals surface area contributed by atoms with Crippen LogP contribution in [0.2, 0.25) is 0 Å². The van der Waals surface area contributed by atoms with Gasteiger partial charge >= 0.3 is 11.9 Å². The number of amides is 1. The molecule has 2 N–H and O–H groups in total. The minimum absolute atomic E-state index is 0.0296. The summed E-state index contributed by atoms with van der Waals surface area (Å²) < 4.78 is 5.61. The zero-order valence-electron chi connectivity index (χ0n) is 20.0. The fourth-order valence-corrected chi connectivity index (χ4v) is 4.46. The van der Waals surface area contributed by atoms with Crippen LogP contribution in [0.1, 0.15) is 65.4 Å². The predicted octanol–water partition coefficient (Wildman–Crippen LogP) is 3.61. The fraction of sp³-hybridized carbons (Fsp3) is 0.640. The smallest absolute Gasteiger partial charge is 0.326 e. The first-order chi connectivity index (χ1) is 15.1. The highest BCUT2D eigenvalue weighted by atomic mass is 16.5. The quantitative estimate of drug-likeness (QED) is 0.444. The van der Waals surface area contributed by atoms with Gasteiger partial charge in [0.1, 0.15) is 11.8 Å². The number of nitrogens with zero attached hydrogens (tertiary/aromatic N) is 1. The number of esters is 1. The maximum absolute atomic E-state index is 12.6. The van der Waals surface area contributed by atoms with Crippen molar-refractivity contribution in [2.24, 2.45) is 11.8 Å². The minimum Gasteiger partial charge on any atom is -0.480 e. The lowest BCUT2D eigenvalue weighted by molar-refractivity contribution is -0.144. The lowest BCUT2D eigenvalue weighted by Crippen LogP contribution is -2.45. The van der Waals surface area contributed by atoms with Crippen LogP contribution < -0.4 is 10.1 Å². The standard InChI is InChI=1S/C25H38N2O5/c1-6-25(12-7-8-13-27(5)16-25)19-10-9-11-20(15-19)32-24(31)18(4)14-21(28)26-22(17(2)3)23(29)30/h9-11,15,17-18,22H,6-8,12-14,16H2,1-5H3,(H,26,28)(H,29,30)/t18-,22+,25?/m1/s1. The third-order valence-corrected chi connectivity index (χ3v) is 6.50. The van der Waals surface area contributed by atoms with Crippen LogP contribution in [0.5, 0.6) is 5.75 Å². The number of benzene rings is 1. The average Bonchev–Trinajstić information content (AvgIpc) is 2.93. The third kappa shape index (κ3) is 6.79. The highest BCUT2D eigenvalue weighted by Crippen LogP contribution is 2.37. The number of likely N-dealkylation sites (N-methyl/N-ethyl adjacent to an activating group) is 1. The second kappa shape index (κ2) is 11.5. The molecule has 1 aliphatic heterocycles. The molecule has 7 heteroatoms. The molecule has 1 fully saturated rings. The Morgan fingerprint density at radius 1 is 1.22 bits per heavy atom. The molecule has 0 saturated carbocycles. The first kappa shape index (κ1) is 25.8. The molecule has 3 atom stereocenters. The second-order valence-electron chi connectivity index (χ2n) is 9.51. The van der Waals surface area contributed by atoms with Gasteiger partial charge in [0.2, 0.25) is 5.91 Å². The molecule has 1 aliphatic rings. The molecule has 1 saturated heterocycles.